The van der Waals surface area contributed by atoms with Crippen LogP contribution in [0.15, 0.2) is 42.5 Å². The van der Waals surface area contributed by atoms with E-state index >= 15 is 0 Å². The number of nitrogens with zero attached hydrogens (tertiary/aromatic N) is 1. The number of amides is 2. The van der Waals surface area contributed by atoms with E-state index in [-0.39, 0.29) is 17.1 Å². The van der Waals surface area contributed by atoms with Crippen molar-refractivity contribution in [3.05, 3.63) is 58.1 Å². The molecule has 1 heterocycles. The van der Waals surface area contributed by atoms with Gasteiger partial charge in [-0.3, -0.25) is 10.1 Å². The van der Waals surface area contributed by atoms with E-state index in [0.717, 1.165) is 17.1 Å². The fourth-order valence-electron chi connectivity index (χ4n) is 3.09. The zero-order valence-electron chi connectivity index (χ0n) is 17.1. The Hall–Kier alpha value is -3.49. The molecule has 0 saturated carbocycles. The Morgan fingerprint density at radius 2 is 1.80 bits per heavy atom. The summed E-state index contributed by atoms with van der Waals surface area (Å²) in [7, 11) is 0. The quantitative estimate of drug-likeness (QED) is 0.347. The Balaban J connectivity index is 1.45. The fourth-order valence-corrected chi connectivity index (χ4v) is 3.09. The molecule has 3 rings (SSSR count). The average molecular weight is 414 g/mol. The molecule has 0 saturated heterocycles. The van der Waals surface area contributed by atoms with Crippen molar-refractivity contribution in [3.63, 3.8) is 0 Å². The molecule has 0 spiro atoms. The lowest BCUT2D eigenvalue weighted by Gasteiger charge is -2.28. The minimum atomic E-state index is -0.442. The predicted molar refractivity (Wildman–Crippen MR) is 113 cm³/mol. The van der Waals surface area contributed by atoms with Crippen molar-refractivity contribution in [2.45, 2.75) is 19.3 Å². The summed E-state index contributed by atoms with van der Waals surface area (Å²) in [6.07, 6.45) is 0. The summed E-state index contributed by atoms with van der Waals surface area (Å²) < 4.78 is 11.2. The molecule has 0 aromatic heterocycles. The molecule has 9 heteroatoms. The van der Waals surface area contributed by atoms with Crippen LogP contribution < -0.4 is 25.4 Å². The molecule has 9 nitrogen and oxygen atoms in total. The number of urea groups is 1. The summed E-state index contributed by atoms with van der Waals surface area (Å²) in [6.45, 7) is 6.26. The Kier molecular flexibility index (Phi) is 6.61. The number of carbonyl (C=O) groups is 1. The van der Waals surface area contributed by atoms with Crippen molar-refractivity contribution in [3.8, 4) is 11.5 Å². The molecule has 2 amide bonds. The Bertz CT molecular complexity index is 916. The first-order valence-electron chi connectivity index (χ1n) is 9.76. The highest BCUT2D eigenvalue weighted by Gasteiger charge is 2.24. The van der Waals surface area contributed by atoms with E-state index in [1.165, 1.54) is 6.07 Å². The van der Waals surface area contributed by atoms with E-state index in [0.29, 0.717) is 38.5 Å². The number of nitro benzene ring substituents is 1. The largest absolute Gasteiger partial charge is 0.486 e. The van der Waals surface area contributed by atoms with Gasteiger partial charge in [-0.25, -0.2) is 4.79 Å². The van der Waals surface area contributed by atoms with Crippen LogP contribution in [0.4, 0.5) is 16.2 Å². The number of fused-ring (bicyclic) bond motifs is 1. The molecule has 2 aromatic rings. The molecule has 1 aliphatic heterocycles. The van der Waals surface area contributed by atoms with E-state index < -0.39 is 4.92 Å². The van der Waals surface area contributed by atoms with Crippen molar-refractivity contribution < 1.29 is 19.2 Å². The Morgan fingerprint density at radius 1 is 1.07 bits per heavy atom. The maximum atomic E-state index is 12.1. The van der Waals surface area contributed by atoms with Crippen LogP contribution in [-0.2, 0) is 5.41 Å². The van der Waals surface area contributed by atoms with Crippen molar-refractivity contribution in [2.24, 2.45) is 0 Å². The maximum Gasteiger partial charge on any atom is 0.314 e. The summed E-state index contributed by atoms with van der Waals surface area (Å²) in [5.74, 6) is 1.45. The minimum Gasteiger partial charge on any atom is -0.486 e. The minimum absolute atomic E-state index is 0.00290. The maximum absolute atomic E-state index is 12.1. The SMILES string of the molecule is CC(C)(CNC(=O)NCCNc1ccccc1[N+](=O)[O-])c1ccc2c(c1)OCCO2. The zero-order chi connectivity index (χ0) is 21.6. The van der Waals surface area contributed by atoms with Crippen LogP contribution in [0, 0.1) is 10.1 Å². The van der Waals surface area contributed by atoms with Gasteiger partial charge < -0.3 is 25.4 Å². The standard InChI is InChI=1S/C21H26N4O5/c1-21(2,15-7-8-18-19(13-15)30-12-11-29-18)14-24-20(26)23-10-9-22-16-5-3-4-6-17(16)25(27)28/h3-8,13,22H,9-12,14H2,1-2H3,(H2,23,24,26). The first-order valence-corrected chi connectivity index (χ1v) is 9.76. The van der Waals surface area contributed by atoms with Crippen molar-refractivity contribution >= 4 is 17.4 Å². The molecular formula is C21H26N4O5. The number of nitrogens with one attached hydrogen (secondary N) is 3. The third-order valence-electron chi connectivity index (χ3n) is 4.84. The summed E-state index contributed by atoms with van der Waals surface area (Å²) in [5, 5.41) is 19.6. The van der Waals surface area contributed by atoms with Crippen molar-refractivity contribution in [1.29, 1.82) is 0 Å². The molecule has 0 atom stereocenters. The lowest BCUT2D eigenvalue weighted by atomic mass is 9.84. The number of ether oxygens (including phenoxy) is 2. The third kappa shape index (κ3) is 5.31. The summed E-state index contributed by atoms with van der Waals surface area (Å²) in [5.41, 5.74) is 1.15. The first kappa shape index (κ1) is 21.2. The van der Waals surface area contributed by atoms with E-state index in [1.54, 1.807) is 18.2 Å². The average Bonchev–Trinajstić information content (AvgIpc) is 2.75. The smallest absolute Gasteiger partial charge is 0.314 e. The van der Waals surface area contributed by atoms with Crippen LogP contribution in [0.5, 0.6) is 11.5 Å². The molecule has 30 heavy (non-hydrogen) atoms. The van der Waals surface area contributed by atoms with E-state index in [1.807, 2.05) is 32.0 Å². The normalized spacial score (nSPS) is 12.7. The molecule has 2 aromatic carbocycles. The second kappa shape index (κ2) is 9.34. The van der Waals surface area contributed by atoms with Gasteiger partial charge in [0.25, 0.3) is 5.69 Å². The number of benzene rings is 2. The Morgan fingerprint density at radius 3 is 2.57 bits per heavy atom. The number of nitro groups is 1. The van der Waals surface area contributed by atoms with Gasteiger partial charge in [0, 0.05) is 31.1 Å². The van der Waals surface area contributed by atoms with Gasteiger partial charge in [0.05, 0.1) is 4.92 Å². The monoisotopic (exact) mass is 414 g/mol. The molecule has 0 radical (unpaired) electrons. The highest BCUT2D eigenvalue weighted by Crippen LogP contribution is 2.34. The molecule has 0 aliphatic carbocycles. The zero-order valence-corrected chi connectivity index (χ0v) is 17.1. The fraction of sp³-hybridized carbons (Fsp3) is 0.381. The van der Waals surface area contributed by atoms with Gasteiger partial charge in [0.1, 0.15) is 18.9 Å². The molecule has 160 valence electrons. The third-order valence-corrected chi connectivity index (χ3v) is 4.84. The van der Waals surface area contributed by atoms with Crippen LogP contribution in [0.3, 0.4) is 0 Å². The van der Waals surface area contributed by atoms with Gasteiger partial charge >= 0.3 is 6.03 Å². The van der Waals surface area contributed by atoms with Crippen LogP contribution in [0.1, 0.15) is 19.4 Å². The number of para-hydroxylation sites is 2. The molecule has 3 N–H and O–H groups in total. The van der Waals surface area contributed by atoms with Crippen LogP contribution in [-0.4, -0.2) is 43.8 Å². The first-order chi connectivity index (χ1) is 14.4. The molecular weight excluding hydrogens is 388 g/mol. The van der Waals surface area contributed by atoms with Crippen LogP contribution in [0.2, 0.25) is 0 Å². The second-order valence-corrected chi connectivity index (χ2v) is 7.55. The molecule has 1 aliphatic rings. The summed E-state index contributed by atoms with van der Waals surface area (Å²) in [4.78, 5) is 22.7. The lowest BCUT2D eigenvalue weighted by Crippen LogP contribution is -2.43. The van der Waals surface area contributed by atoms with Crippen molar-refractivity contribution in [2.75, 3.05) is 38.2 Å². The van der Waals surface area contributed by atoms with Gasteiger partial charge in [0.15, 0.2) is 11.5 Å². The van der Waals surface area contributed by atoms with Crippen LogP contribution >= 0.6 is 0 Å². The van der Waals surface area contributed by atoms with Crippen molar-refractivity contribution in [1.82, 2.24) is 10.6 Å². The van der Waals surface area contributed by atoms with Gasteiger partial charge in [-0.15, -0.1) is 0 Å². The lowest BCUT2D eigenvalue weighted by molar-refractivity contribution is -0.384. The number of hydrogen-bond donors (Lipinski definition) is 3. The highest BCUT2D eigenvalue weighted by atomic mass is 16.6. The number of anilines is 1. The van der Waals surface area contributed by atoms with Gasteiger partial charge in [-0.05, 0) is 23.8 Å². The predicted octanol–water partition coefficient (Wildman–Crippen LogP) is 3.05. The van der Waals surface area contributed by atoms with Gasteiger partial charge in [-0.1, -0.05) is 32.0 Å². The Labute approximate surface area is 174 Å². The summed E-state index contributed by atoms with van der Waals surface area (Å²) in [6, 6.07) is 11.9. The number of rotatable bonds is 8. The summed E-state index contributed by atoms with van der Waals surface area (Å²) >= 11 is 0. The van der Waals surface area contributed by atoms with E-state index in [9.17, 15) is 14.9 Å². The molecule has 0 fully saturated rings. The second-order valence-electron chi connectivity index (χ2n) is 7.55. The van der Waals surface area contributed by atoms with Gasteiger partial charge in [0.2, 0.25) is 0 Å². The number of carbonyl (C=O) groups excluding carboxylic acids is 1. The molecule has 0 bridgehead atoms. The van der Waals surface area contributed by atoms with Gasteiger partial charge in [-0.2, -0.15) is 0 Å². The van der Waals surface area contributed by atoms with E-state index in [4.69, 9.17) is 9.47 Å². The number of hydrogen-bond acceptors (Lipinski definition) is 6. The van der Waals surface area contributed by atoms with E-state index in [2.05, 4.69) is 16.0 Å². The highest BCUT2D eigenvalue weighted by molar-refractivity contribution is 5.74. The topological polar surface area (TPSA) is 115 Å². The van der Waals surface area contributed by atoms with Crippen LogP contribution in [0.25, 0.3) is 0 Å². The molecule has 0 unspecified atom stereocenters.